The second-order valence-electron chi connectivity index (χ2n) is 6.10. The predicted octanol–water partition coefficient (Wildman–Crippen LogP) is 2.65. The van der Waals surface area contributed by atoms with Crippen molar-refractivity contribution in [2.45, 2.75) is 32.9 Å². The average molecular weight is 306 g/mol. The molecule has 0 aliphatic carbocycles. The van der Waals surface area contributed by atoms with E-state index in [0.29, 0.717) is 25.6 Å². The second-order valence-corrected chi connectivity index (χ2v) is 6.10. The van der Waals surface area contributed by atoms with Gasteiger partial charge in [-0.25, -0.2) is 4.79 Å². The highest BCUT2D eigenvalue weighted by molar-refractivity contribution is 5.74. The average Bonchev–Trinajstić information content (AvgIpc) is 2.99. The summed E-state index contributed by atoms with van der Waals surface area (Å²) in [5.74, 6) is 1.22. The molecule has 1 atom stereocenters. The number of carbonyl (C=O) groups excluding carboxylic acids is 1. The molecular formula is C17H26N2O3. The molecule has 0 aromatic heterocycles. The van der Waals surface area contributed by atoms with Crippen LogP contribution in [0.4, 0.5) is 4.79 Å². The highest BCUT2D eigenvalue weighted by atomic mass is 16.5. The molecule has 1 heterocycles. The van der Waals surface area contributed by atoms with E-state index < -0.39 is 0 Å². The first-order valence-electron chi connectivity index (χ1n) is 7.85. The topological polar surface area (TPSA) is 50.8 Å². The van der Waals surface area contributed by atoms with E-state index in [0.717, 1.165) is 24.3 Å². The van der Waals surface area contributed by atoms with Crippen LogP contribution in [0.25, 0.3) is 0 Å². The number of carbonyl (C=O) groups is 1. The maximum Gasteiger partial charge on any atom is 0.318 e. The summed E-state index contributed by atoms with van der Waals surface area (Å²) in [7, 11) is 1.65. The van der Waals surface area contributed by atoms with Crippen LogP contribution in [0.5, 0.6) is 5.75 Å². The summed E-state index contributed by atoms with van der Waals surface area (Å²) >= 11 is 0. The van der Waals surface area contributed by atoms with Crippen molar-refractivity contribution in [1.29, 1.82) is 0 Å². The van der Waals surface area contributed by atoms with Crippen molar-refractivity contribution in [2.75, 3.05) is 26.9 Å². The summed E-state index contributed by atoms with van der Waals surface area (Å²) in [6, 6.07) is 7.91. The normalized spacial score (nSPS) is 17.5. The molecule has 1 unspecified atom stereocenters. The Labute approximate surface area is 132 Å². The van der Waals surface area contributed by atoms with Crippen LogP contribution in [-0.4, -0.2) is 43.8 Å². The van der Waals surface area contributed by atoms with Crippen LogP contribution < -0.4 is 10.1 Å². The van der Waals surface area contributed by atoms with Gasteiger partial charge < -0.3 is 19.7 Å². The lowest BCUT2D eigenvalue weighted by molar-refractivity contribution is 0.172. The van der Waals surface area contributed by atoms with Crippen LogP contribution in [0.3, 0.4) is 0 Å². The quantitative estimate of drug-likeness (QED) is 0.879. The Kier molecular flexibility index (Phi) is 6.07. The molecule has 0 radical (unpaired) electrons. The molecule has 0 saturated carbocycles. The number of benzene rings is 1. The molecule has 5 heteroatoms. The fourth-order valence-corrected chi connectivity index (χ4v) is 2.61. The molecule has 22 heavy (non-hydrogen) atoms. The Balaban J connectivity index is 2.06. The number of amides is 2. The minimum absolute atomic E-state index is 0.0323. The first-order valence-corrected chi connectivity index (χ1v) is 7.85. The Morgan fingerprint density at radius 2 is 2.23 bits per heavy atom. The van der Waals surface area contributed by atoms with Crippen LogP contribution in [0, 0.1) is 5.92 Å². The third kappa shape index (κ3) is 4.63. The molecule has 1 aromatic carbocycles. The number of methoxy groups -OCH3 is 1. The fourth-order valence-electron chi connectivity index (χ4n) is 2.61. The van der Waals surface area contributed by atoms with Gasteiger partial charge >= 0.3 is 6.03 Å². The summed E-state index contributed by atoms with van der Waals surface area (Å²) in [6.07, 6.45) is 0.885. The lowest BCUT2D eigenvalue weighted by Gasteiger charge is -2.27. The number of para-hydroxylation sites is 1. The molecule has 0 spiro atoms. The standard InChI is InChI=1S/C17H26N2O3/c1-13(2)10-19(17(20)18-15-8-9-22-12-15)11-14-6-4-5-7-16(14)21-3/h4-7,13,15H,8-12H2,1-3H3,(H,18,20). The van der Waals surface area contributed by atoms with Gasteiger partial charge in [0, 0.05) is 18.7 Å². The molecule has 5 nitrogen and oxygen atoms in total. The van der Waals surface area contributed by atoms with Gasteiger partial charge in [-0.05, 0) is 18.4 Å². The third-order valence-electron chi connectivity index (χ3n) is 3.68. The van der Waals surface area contributed by atoms with Gasteiger partial charge in [0.05, 0.1) is 26.3 Å². The number of nitrogens with zero attached hydrogens (tertiary/aromatic N) is 1. The van der Waals surface area contributed by atoms with E-state index in [1.54, 1.807) is 7.11 Å². The van der Waals surface area contributed by atoms with E-state index in [4.69, 9.17) is 9.47 Å². The van der Waals surface area contributed by atoms with Crippen LogP contribution in [-0.2, 0) is 11.3 Å². The largest absolute Gasteiger partial charge is 0.496 e. The van der Waals surface area contributed by atoms with Crippen molar-refractivity contribution in [1.82, 2.24) is 10.2 Å². The zero-order chi connectivity index (χ0) is 15.9. The van der Waals surface area contributed by atoms with Gasteiger partial charge in [0.1, 0.15) is 5.75 Å². The van der Waals surface area contributed by atoms with Gasteiger partial charge in [-0.3, -0.25) is 0 Å². The molecule has 0 bridgehead atoms. The van der Waals surface area contributed by atoms with Crippen molar-refractivity contribution in [3.05, 3.63) is 29.8 Å². The Morgan fingerprint density at radius 1 is 1.45 bits per heavy atom. The van der Waals surface area contributed by atoms with Gasteiger partial charge in [-0.15, -0.1) is 0 Å². The monoisotopic (exact) mass is 306 g/mol. The van der Waals surface area contributed by atoms with Gasteiger partial charge in [-0.1, -0.05) is 32.0 Å². The van der Waals surface area contributed by atoms with E-state index in [1.807, 2.05) is 29.2 Å². The fraction of sp³-hybridized carbons (Fsp3) is 0.588. The number of urea groups is 1. The first-order chi connectivity index (χ1) is 10.6. The Bertz CT molecular complexity index is 485. The number of ether oxygens (including phenoxy) is 2. The van der Waals surface area contributed by atoms with E-state index in [2.05, 4.69) is 19.2 Å². The third-order valence-corrected chi connectivity index (χ3v) is 3.68. The molecule has 1 aromatic rings. The summed E-state index contributed by atoms with van der Waals surface area (Å²) in [4.78, 5) is 14.4. The zero-order valence-electron chi connectivity index (χ0n) is 13.7. The number of nitrogens with one attached hydrogen (secondary N) is 1. The van der Waals surface area contributed by atoms with Gasteiger partial charge in [0.25, 0.3) is 0 Å². The Hall–Kier alpha value is -1.75. The summed E-state index contributed by atoms with van der Waals surface area (Å²) in [6.45, 7) is 6.80. The van der Waals surface area contributed by atoms with Gasteiger partial charge in [0.15, 0.2) is 0 Å². The van der Waals surface area contributed by atoms with Crippen molar-refractivity contribution < 1.29 is 14.3 Å². The molecule has 1 fully saturated rings. The van der Waals surface area contributed by atoms with Crippen molar-refractivity contribution in [3.8, 4) is 5.75 Å². The van der Waals surface area contributed by atoms with E-state index in [1.165, 1.54) is 0 Å². The SMILES string of the molecule is COc1ccccc1CN(CC(C)C)C(=O)NC1CCOC1. The van der Waals surface area contributed by atoms with E-state index in [9.17, 15) is 4.79 Å². The summed E-state index contributed by atoms with van der Waals surface area (Å²) < 4.78 is 10.7. The van der Waals surface area contributed by atoms with Crippen LogP contribution in [0.1, 0.15) is 25.8 Å². The highest BCUT2D eigenvalue weighted by Crippen LogP contribution is 2.20. The van der Waals surface area contributed by atoms with Crippen LogP contribution in [0.2, 0.25) is 0 Å². The van der Waals surface area contributed by atoms with Crippen molar-refractivity contribution in [3.63, 3.8) is 0 Å². The molecular weight excluding hydrogens is 280 g/mol. The van der Waals surface area contributed by atoms with Gasteiger partial charge in [-0.2, -0.15) is 0 Å². The smallest absolute Gasteiger partial charge is 0.318 e. The second kappa shape index (κ2) is 8.03. The van der Waals surface area contributed by atoms with Gasteiger partial charge in [0.2, 0.25) is 0 Å². The lowest BCUT2D eigenvalue weighted by atomic mass is 10.1. The molecule has 2 rings (SSSR count). The molecule has 1 saturated heterocycles. The van der Waals surface area contributed by atoms with E-state index in [-0.39, 0.29) is 12.1 Å². The predicted molar refractivity (Wildman–Crippen MR) is 86.0 cm³/mol. The maximum atomic E-state index is 12.6. The summed E-state index contributed by atoms with van der Waals surface area (Å²) in [5.41, 5.74) is 1.02. The molecule has 1 N–H and O–H groups in total. The molecule has 2 amide bonds. The van der Waals surface area contributed by atoms with Crippen molar-refractivity contribution in [2.24, 2.45) is 5.92 Å². The summed E-state index contributed by atoms with van der Waals surface area (Å²) in [5, 5.41) is 3.06. The minimum atomic E-state index is -0.0323. The number of hydrogen-bond donors (Lipinski definition) is 1. The van der Waals surface area contributed by atoms with Crippen LogP contribution >= 0.6 is 0 Å². The number of rotatable bonds is 6. The molecule has 122 valence electrons. The molecule has 1 aliphatic rings. The molecule has 1 aliphatic heterocycles. The minimum Gasteiger partial charge on any atom is -0.496 e. The van der Waals surface area contributed by atoms with E-state index >= 15 is 0 Å². The lowest BCUT2D eigenvalue weighted by Crippen LogP contribution is -2.46. The highest BCUT2D eigenvalue weighted by Gasteiger charge is 2.22. The zero-order valence-corrected chi connectivity index (χ0v) is 13.7. The number of hydrogen-bond acceptors (Lipinski definition) is 3. The maximum absolute atomic E-state index is 12.6. The van der Waals surface area contributed by atoms with Crippen LogP contribution in [0.15, 0.2) is 24.3 Å². The Morgan fingerprint density at radius 3 is 2.86 bits per heavy atom. The van der Waals surface area contributed by atoms with Crippen molar-refractivity contribution >= 4 is 6.03 Å². The first kappa shape index (κ1) is 16.6.